The average Bonchev–Trinajstić information content (AvgIpc) is 3.13. The fourth-order valence-electron chi connectivity index (χ4n) is 2.70. The molecule has 4 aromatic rings. The summed E-state index contributed by atoms with van der Waals surface area (Å²) in [6.07, 6.45) is 0. The molecule has 4 heteroatoms. The van der Waals surface area contributed by atoms with Gasteiger partial charge in [0.05, 0.1) is 10.4 Å². The quantitative estimate of drug-likeness (QED) is 0.522. The van der Waals surface area contributed by atoms with Crippen LogP contribution in [0.4, 0.5) is 11.5 Å². The number of aryl methyl sites for hydroxylation is 1. The van der Waals surface area contributed by atoms with Crippen molar-refractivity contribution < 1.29 is 0 Å². The summed E-state index contributed by atoms with van der Waals surface area (Å²) in [6.45, 7) is 4.25. The molecule has 2 aromatic carbocycles. The zero-order chi connectivity index (χ0) is 16.5. The molecule has 24 heavy (non-hydrogen) atoms. The lowest BCUT2D eigenvalue weighted by Gasteiger charge is -2.13. The maximum Gasteiger partial charge on any atom is 0.172 e. The third-order valence-corrected chi connectivity index (χ3v) is 5.07. The monoisotopic (exact) mass is 331 g/mol. The molecule has 0 aliphatic heterocycles. The molecule has 0 spiro atoms. The minimum absolute atomic E-state index is 0.761. The number of nitrogens with zero attached hydrogens (tertiary/aromatic N) is 2. The lowest BCUT2D eigenvalue weighted by atomic mass is 10.1. The van der Waals surface area contributed by atoms with Crippen molar-refractivity contribution in [2.75, 3.05) is 5.32 Å². The van der Waals surface area contributed by atoms with Crippen LogP contribution in [-0.2, 0) is 0 Å². The molecule has 0 bridgehead atoms. The smallest absolute Gasteiger partial charge is 0.172 e. The third-order valence-electron chi connectivity index (χ3n) is 4.20. The summed E-state index contributed by atoms with van der Waals surface area (Å²) in [7, 11) is 0. The maximum absolute atomic E-state index is 4.80. The van der Waals surface area contributed by atoms with E-state index in [9.17, 15) is 0 Å². The van der Waals surface area contributed by atoms with E-state index in [0.29, 0.717) is 0 Å². The Labute approximate surface area is 145 Å². The molecule has 118 valence electrons. The number of fused-ring (bicyclic) bond motifs is 1. The standard InChI is InChI=1S/C20H17N3S/c1-13-7-5-10-16(14(13)2)21-19-15-8-3-4-9-17(15)22-20(23-19)18-11-6-12-24-18/h3-12H,1-2H3,(H,21,22,23). The van der Waals surface area contributed by atoms with Crippen molar-refractivity contribution >= 4 is 33.7 Å². The lowest BCUT2D eigenvalue weighted by molar-refractivity contribution is 1.23. The minimum atomic E-state index is 0.761. The Morgan fingerprint density at radius 1 is 0.875 bits per heavy atom. The largest absolute Gasteiger partial charge is 0.339 e. The molecule has 2 heterocycles. The first-order valence-electron chi connectivity index (χ1n) is 7.86. The number of benzene rings is 2. The van der Waals surface area contributed by atoms with E-state index in [2.05, 4.69) is 49.5 Å². The highest BCUT2D eigenvalue weighted by atomic mass is 32.1. The molecule has 4 rings (SSSR count). The van der Waals surface area contributed by atoms with Crippen LogP contribution in [0.3, 0.4) is 0 Å². The van der Waals surface area contributed by atoms with Gasteiger partial charge in [-0.05, 0) is 54.6 Å². The van der Waals surface area contributed by atoms with Crippen LogP contribution in [0.15, 0.2) is 60.0 Å². The van der Waals surface area contributed by atoms with E-state index in [1.54, 1.807) is 11.3 Å². The zero-order valence-corrected chi connectivity index (χ0v) is 14.4. The number of thiophene rings is 1. The van der Waals surface area contributed by atoms with E-state index in [0.717, 1.165) is 33.1 Å². The van der Waals surface area contributed by atoms with Gasteiger partial charge in [0, 0.05) is 11.1 Å². The molecule has 2 aromatic heterocycles. The van der Waals surface area contributed by atoms with Crippen LogP contribution in [0.1, 0.15) is 11.1 Å². The molecule has 0 amide bonds. The van der Waals surface area contributed by atoms with Gasteiger partial charge >= 0.3 is 0 Å². The predicted molar refractivity (Wildman–Crippen MR) is 102 cm³/mol. The zero-order valence-electron chi connectivity index (χ0n) is 13.6. The molecule has 1 N–H and O–H groups in total. The van der Waals surface area contributed by atoms with E-state index in [1.807, 2.05) is 29.6 Å². The van der Waals surface area contributed by atoms with Gasteiger partial charge in [-0.25, -0.2) is 9.97 Å². The summed E-state index contributed by atoms with van der Waals surface area (Å²) >= 11 is 1.65. The normalized spacial score (nSPS) is 10.9. The first kappa shape index (κ1) is 14.8. The Bertz CT molecular complexity index is 1010. The Kier molecular flexibility index (Phi) is 3.75. The van der Waals surface area contributed by atoms with Gasteiger partial charge in [0.15, 0.2) is 5.82 Å². The van der Waals surface area contributed by atoms with Crippen LogP contribution in [0, 0.1) is 13.8 Å². The molecule has 0 atom stereocenters. The fraction of sp³-hybridized carbons (Fsp3) is 0.100. The van der Waals surface area contributed by atoms with Gasteiger partial charge in [0.25, 0.3) is 0 Å². The van der Waals surface area contributed by atoms with Crippen LogP contribution in [0.2, 0.25) is 0 Å². The lowest BCUT2D eigenvalue weighted by Crippen LogP contribution is -2.00. The van der Waals surface area contributed by atoms with Gasteiger partial charge in [-0.2, -0.15) is 0 Å². The second-order valence-corrected chi connectivity index (χ2v) is 6.71. The van der Waals surface area contributed by atoms with Crippen LogP contribution < -0.4 is 5.32 Å². The molecule has 0 radical (unpaired) electrons. The van der Waals surface area contributed by atoms with E-state index in [4.69, 9.17) is 9.97 Å². The Morgan fingerprint density at radius 2 is 1.75 bits per heavy atom. The summed E-state index contributed by atoms with van der Waals surface area (Å²) in [6, 6.07) is 18.5. The van der Waals surface area contributed by atoms with Crippen molar-refractivity contribution in [3.63, 3.8) is 0 Å². The summed E-state index contributed by atoms with van der Waals surface area (Å²) in [5, 5.41) is 6.59. The van der Waals surface area contributed by atoms with Crippen LogP contribution in [-0.4, -0.2) is 9.97 Å². The van der Waals surface area contributed by atoms with Gasteiger partial charge in [0.1, 0.15) is 5.82 Å². The molecule has 3 nitrogen and oxygen atoms in total. The molecule has 0 fully saturated rings. The van der Waals surface area contributed by atoms with Gasteiger partial charge in [0.2, 0.25) is 0 Å². The Balaban J connectivity index is 1.88. The molecule has 0 saturated carbocycles. The first-order valence-corrected chi connectivity index (χ1v) is 8.74. The highest BCUT2D eigenvalue weighted by molar-refractivity contribution is 7.13. The van der Waals surface area contributed by atoms with Crippen molar-refractivity contribution in [1.82, 2.24) is 9.97 Å². The number of rotatable bonds is 3. The topological polar surface area (TPSA) is 37.8 Å². The van der Waals surface area contributed by atoms with Crippen molar-refractivity contribution in [3.8, 4) is 10.7 Å². The number of aromatic nitrogens is 2. The average molecular weight is 331 g/mol. The van der Waals surface area contributed by atoms with Gasteiger partial charge in [-0.3, -0.25) is 0 Å². The van der Waals surface area contributed by atoms with Crippen LogP contribution >= 0.6 is 11.3 Å². The predicted octanol–water partition coefficient (Wildman–Crippen LogP) is 5.72. The Morgan fingerprint density at radius 3 is 2.58 bits per heavy atom. The van der Waals surface area contributed by atoms with Crippen molar-refractivity contribution in [2.45, 2.75) is 13.8 Å². The van der Waals surface area contributed by atoms with E-state index in [-0.39, 0.29) is 0 Å². The van der Waals surface area contributed by atoms with Crippen molar-refractivity contribution in [3.05, 3.63) is 71.1 Å². The van der Waals surface area contributed by atoms with Gasteiger partial charge < -0.3 is 5.32 Å². The molecule has 0 aliphatic rings. The second kappa shape index (κ2) is 6.06. The first-order chi connectivity index (χ1) is 11.7. The number of hydrogen-bond donors (Lipinski definition) is 1. The maximum atomic E-state index is 4.80. The third kappa shape index (κ3) is 2.65. The highest BCUT2D eigenvalue weighted by Crippen LogP contribution is 2.30. The van der Waals surface area contributed by atoms with Crippen LogP contribution in [0.25, 0.3) is 21.6 Å². The highest BCUT2D eigenvalue weighted by Gasteiger charge is 2.11. The SMILES string of the molecule is Cc1cccc(Nc2nc(-c3cccs3)nc3ccccc23)c1C. The summed E-state index contributed by atoms with van der Waals surface area (Å²) in [5.41, 5.74) is 4.52. The minimum Gasteiger partial charge on any atom is -0.339 e. The summed E-state index contributed by atoms with van der Waals surface area (Å²) < 4.78 is 0. The van der Waals surface area contributed by atoms with E-state index < -0.39 is 0 Å². The molecular weight excluding hydrogens is 314 g/mol. The summed E-state index contributed by atoms with van der Waals surface area (Å²) in [4.78, 5) is 10.6. The van der Waals surface area contributed by atoms with Crippen LogP contribution in [0.5, 0.6) is 0 Å². The summed E-state index contributed by atoms with van der Waals surface area (Å²) in [5.74, 6) is 1.61. The number of nitrogens with one attached hydrogen (secondary N) is 1. The molecule has 0 unspecified atom stereocenters. The van der Waals surface area contributed by atoms with E-state index in [1.165, 1.54) is 11.1 Å². The van der Waals surface area contributed by atoms with E-state index >= 15 is 0 Å². The van der Waals surface area contributed by atoms with Gasteiger partial charge in [-0.1, -0.05) is 30.3 Å². The fourth-order valence-corrected chi connectivity index (χ4v) is 3.36. The Hall–Kier alpha value is -2.72. The van der Waals surface area contributed by atoms with Gasteiger partial charge in [-0.15, -0.1) is 11.3 Å². The van der Waals surface area contributed by atoms with Crippen molar-refractivity contribution in [1.29, 1.82) is 0 Å². The number of hydrogen-bond acceptors (Lipinski definition) is 4. The molecule has 0 aliphatic carbocycles. The molecular formula is C20H17N3S. The number of anilines is 2. The van der Waals surface area contributed by atoms with Crippen molar-refractivity contribution in [2.24, 2.45) is 0 Å². The number of para-hydroxylation sites is 1. The second-order valence-electron chi connectivity index (χ2n) is 5.76. The molecule has 0 saturated heterocycles.